The number of hydrogen-bond acceptors (Lipinski definition) is 4. The fraction of sp³-hybridized carbons (Fsp3) is 0. The lowest BCUT2D eigenvalue weighted by molar-refractivity contribution is -0.385. The predicted molar refractivity (Wildman–Crippen MR) is 66.5 cm³/mol. The Balaban J connectivity index is 2.40. The fourth-order valence-electron chi connectivity index (χ4n) is 1.57. The van der Waals surface area contributed by atoms with Gasteiger partial charge in [0.2, 0.25) is 0 Å². The van der Waals surface area contributed by atoms with Gasteiger partial charge in [-0.3, -0.25) is 10.1 Å². The molecule has 0 atom stereocenters. The third-order valence-electron chi connectivity index (χ3n) is 2.41. The lowest BCUT2D eigenvalue weighted by Gasteiger charge is -2.08. The van der Waals surface area contributed by atoms with Gasteiger partial charge in [-0.2, -0.15) is 0 Å². The van der Waals surface area contributed by atoms with Crippen molar-refractivity contribution in [2.24, 2.45) is 0 Å². The second-order valence-electron chi connectivity index (χ2n) is 3.81. The van der Waals surface area contributed by atoms with Crippen LogP contribution in [0.15, 0.2) is 42.5 Å². The van der Waals surface area contributed by atoms with Crippen LogP contribution < -0.4 is 4.74 Å². The molecule has 0 unspecified atom stereocenters. The largest absolute Gasteiger partial charge is 0.478 e. The molecule has 0 fully saturated rings. The van der Waals surface area contributed by atoms with Crippen LogP contribution in [-0.2, 0) is 0 Å². The summed E-state index contributed by atoms with van der Waals surface area (Å²) in [4.78, 5) is 20.8. The molecule has 0 spiro atoms. The Morgan fingerprint density at radius 1 is 1.25 bits per heavy atom. The summed E-state index contributed by atoms with van der Waals surface area (Å²) >= 11 is 0. The Hall–Kier alpha value is -2.96. The van der Waals surface area contributed by atoms with E-state index in [0.29, 0.717) is 0 Å². The summed E-state index contributed by atoms with van der Waals surface area (Å²) in [7, 11) is 0. The van der Waals surface area contributed by atoms with Crippen molar-refractivity contribution in [3.63, 3.8) is 0 Å². The number of ether oxygens (including phenoxy) is 1. The minimum atomic E-state index is -1.22. The number of halogens is 1. The van der Waals surface area contributed by atoms with E-state index in [4.69, 9.17) is 9.84 Å². The van der Waals surface area contributed by atoms with Crippen LogP contribution in [-0.4, -0.2) is 16.0 Å². The van der Waals surface area contributed by atoms with Gasteiger partial charge in [0, 0.05) is 6.07 Å². The number of carboxylic acid groups (broad SMARTS) is 1. The van der Waals surface area contributed by atoms with Crippen molar-refractivity contribution in [1.29, 1.82) is 0 Å². The zero-order valence-corrected chi connectivity index (χ0v) is 9.95. The minimum absolute atomic E-state index is 0.0279. The molecule has 0 aliphatic rings. The summed E-state index contributed by atoms with van der Waals surface area (Å²) in [5.41, 5.74) is -0.604. The molecule has 0 aromatic heterocycles. The van der Waals surface area contributed by atoms with Gasteiger partial charge in [0.05, 0.1) is 17.1 Å². The maximum atomic E-state index is 13.2. The Labute approximate surface area is 112 Å². The Morgan fingerprint density at radius 2 is 1.95 bits per heavy atom. The van der Waals surface area contributed by atoms with Crippen LogP contribution in [0.1, 0.15) is 10.4 Å². The van der Waals surface area contributed by atoms with E-state index in [9.17, 15) is 19.3 Å². The number of nitro benzene ring substituents is 1. The number of benzene rings is 2. The second kappa shape index (κ2) is 5.35. The fourth-order valence-corrected chi connectivity index (χ4v) is 1.57. The summed E-state index contributed by atoms with van der Waals surface area (Å²) in [5, 5.41) is 19.6. The van der Waals surface area contributed by atoms with Crippen LogP contribution in [0.4, 0.5) is 10.1 Å². The van der Waals surface area contributed by atoms with E-state index in [2.05, 4.69) is 0 Å². The van der Waals surface area contributed by atoms with Crippen molar-refractivity contribution in [3.8, 4) is 11.5 Å². The van der Waals surface area contributed by atoms with Gasteiger partial charge in [0.15, 0.2) is 0 Å². The maximum absolute atomic E-state index is 13.2. The van der Waals surface area contributed by atoms with Crippen LogP contribution in [0.5, 0.6) is 11.5 Å². The number of non-ortho nitro benzene ring substituents is 1. The van der Waals surface area contributed by atoms with E-state index >= 15 is 0 Å². The quantitative estimate of drug-likeness (QED) is 0.684. The maximum Gasteiger partial charge on any atom is 0.339 e. The SMILES string of the molecule is O=C(O)c1ccccc1Oc1cc(F)cc([N+](=O)[O-])c1. The minimum Gasteiger partial charge on any atom is -0.478 e. The Kier molecular flexibility index (Phi) is 3.60. The average Bonchev–Trinajstić information content (AvgIpc) is 2.38. The molecule has 0 bridgehead atoms. The first-order chi connectivity index (χ1) is 9.47. The molecule has 0 aliphatic heterocycles. The number of carbonyl (C=O) groups is 1. The number of carboxylic acids is 1. The smallest absolute Gasteiger partial charge is 0.339 e. The highest BCUT2D eigenvalue weighted by atomic mass is 19.1. The number of rotatable bonds is 4. The van der Waals surface area contributed by atoms with E-state index in [-0.39, 0.29) is 17.1 Å². The number of nitrogens with zero attached hydrogens (tertiary/aromatic N) is 1. The molecular weight excluding hydrogens is 269 g/mol. The van der Waals surface area contributed by atoms with Gasteiger partial charge in [0.25, 0.3) is 5.69 Å². The van der Waals surface area contributed by atoms with E-state index < -0.39 is 22.4 Å². The molecule has 20 heavy (non-hydrogen) atoms. The van der Waals surface area contributed by atoms with Gasteiger partial charge < -0.3 is 9.84 Å². The molecule has 1 N–H and O–H groups in total. The first-order valence-corrected chi connectivity index (χ1v) is 5.42. The highest BCUT2D eigenvalue weighted by Gasteiger charge is 2.14. The topological polar surface area (TPSA) is 89.7 Å². The molecule has 0 aliphatic carbocycles. The molecule has 0 heterocycles. The van der Waals surface area contributed by atoms with Gasteiger partial charge >= 0.3 is 5.97 Å². The molecule has 2 rings (SSSR count). The van der Waals surface area contributed by atoms with Gasteiger partial charge in [-0.05, 0) is 12.1 Å². The average molecular weight is 277 g/mol. The second-order valence-corrected chi connectivity index (χ2v) is 3.81. The van der Waals surface area contributed by atoms with Gasteiger partial charge in [-0.25, -0.2) is 9.18 Å². The van der Waals surface area contributed by atoms with Crippen LogP contribution in [0, 0.1) is 15.9 Å². The highest BCUT2D eigenvalue weighted by Crippen LogP contribution is 2.29. The summed E-state index contributed by atoms with van der Waals surface area (Å²) in [6.45, 7) is 0. The molecule has 2 aromatic carbocycles. The predicted octanol–water partition coefficient (Wildman–Crippen LogP) is 3.22. The normalized spacial score (nSPS) is 10.1. The molecule has 2 aromatic rings. The molecule has 0 saturated heterocycles. The van der Waals surface area contributed by atoms with Crippen molar-refractivity contribution in [2.75, 3.05) is 0 Å². The third kappa shape index (κ3) is 2.89. The molecule has 0 saturated carbocycles. The van der Waals surface area contributed by atoms with Crippen LogP contribution in [0.3, 0.4) is 0 Å². The number of hydrogen-bond donors (Lipinski definition) is 1. The van der Waals surface area contributed by atoms with Crippen molar-refractivity contribution < 1.29 is 24.0 Å². The summed E-state index contributed by atoms with van der Waals surface area (Å²) < 4.78 is 18.5. The zero-order valence-electron chi connectivity index (χ0n) is 9.95. The Bertz CT molecular complexity index is 686. The van der Waals surface area contributed by atoms with Crippen molar-refractivity contribution in [1.82, 2.24) is 0 Å². The number of aromatic carboxylic acids is 1. The molecular formula is C13H8FNO5. The van der Waals surface area contributed by atoms with Crippen molar-refractivity contribution >= 4 is 11.7 Å². The molecule has 102 valence electrons. The Morgan fingerprint density at radius 3 is 2.60 bits per heavy atom. The first-order valence-electron chi connectivity index (χ1n) is 5.42. The number of para-hydroxylation sites is 1. The van der Waals surface area contributed by atoms with E-state index in [1.807, 2.05) is 0 Å². The standard InChI is InChI=1S/C13H8FNO5/c14-8-5-9(15(18)19)7-10(6-8)20-12-4-2-1-3-11(12)13(16)17/h1-7H,(H,16,17). The lowest BCUT2D eigenvalue weighted by Crippen LogP contribution is -2.00. The van der Waals surface area contributed by atoms with Gasteiger partial charge in [0.1, 0.15) is 22.9 Å². The highest BCUT2D eigenvalue weighted by molar-refractivity contribution is 5.90. The monoisotopic (exact) mass is 277 g/mol. The third-order valence-corrected chi connectivity index (χ3v) is 2.41. The summed E-state index contributed by atoms with van der Waals surface area (Å²) in [6, 6.07) is 8.43. The molecule has 6 nitrogen and oxygen atoms in total. The van der Waals surface area contributed by atoms with Crippen molar-refractivity contribution in [2.45, 2.75) is 0 Å². The molecule has 0 amide bonds. The first kappa shape index (κ1) is 13.5. The lowest BCUT2D eigenvalue weighted by atomic mass is 10.2. The molecule has 7 heteroatoms. The van der Waals surface area contributed by atoms with E-state index in [1.54, 1.807) is 0 Å². The summed E-state index contributed by atoms with van der Waals surface area (Å²) in [6.07, 6.45) is 0. The summed E-state index contributed by atoms with van der Waals surface area (Å²) in [5.74, 6) is -2.24. The van der Waals surface area contributed by atoms with Crippen LogP contribution >= 0.6 is 0 Å². The van der Waals surface area contributed by atoms with Crippen molar-refractivity contribution in [3.05, 3.63) is 64.0 Å². The van der Waals surface area contributed by atoms with Gasteiger partial charge in [-0.15, -0.1) is 0 Å². The van der Waals surface area contributed by atoms with E-state index in [1.165, 1.54) is 24.3 Å². The van der Waals surface area contributed by atoms with Crippen LogP contribution in [0.25, 0.3) is 0 Å². The number of nitro groups is 1. The van der Waals surface area contributed by atoms with Gasteiger partial charge in [-0.1, -0.05) is 12.1 Å². The van der Waals surface area contributed by atoms with E-state index in [0.717, 1.165) is 18.2 Å². The molecule has 0 radical (unpaired) electrons. The van der Waals surface area contributed by atoms with Crippen LogP contribution in [0.2, 0.25) is 0 Å². The zero-order chi connectivity index (χ0) is 14.7.